The number of hydrogen-bond acceptors (Lipinski definition) is 3. The molecule has 1 aliphatic rings. The summed E-state index contributed by atoms with van der Waals surface area (Å²) in [7, 11) is 2.19. The molecule has 0 radical (unpaired) electrons. The summed E-state index contributed by atoms with van der Waals surface area (Å²) in [5, 5.41) is 3.06. The Bertz CT molecular complexity index is 1030. The maximum absolute atomic E-state index is 12.5. The average Bonchev–Trinajstić information content (AvgIpc) is 2.85. The van der Waals surface area contributed by atoms with Crippen LogP contribution in [0.3, 0.4) is 0 Å². The first-order chi connectivity index (χ1) is 16.0. The molecule has 4 rings (SSSR count). The van der Waals surface area contributed by atoms with E-state index in [0.717, 1.165) is 43.7 Å². The number of likely N-dealkylation sites (N-methyl/N-ethyl adjacent to an activating group) is 1. The highest BCUT2D eigenvalue weighted by atomic mass is 16.1. The van der Waals surface area contributed by atoms with Gasteiger partial charge in [-0.1, -0.05) is 66.2 Å². The predicted octanol–water partition coefficient (Wildman–Crippen LogP) is 4.94. The van der Waals surface area contributed by atoms with Gasteiger partial charge in [-0.05, 0) is 61.7 Å². The molecule has 172 valence electrons. The molecule has 3 aromatic carbocycles. The van der Waals surface area contributed by atoms with Crippen LogP contribution < -0.4 is 5.32 Å². The van der Waals surface area contributed by atoms with Crippen molar-refractivity contribution in [1.29, 1.82) is 0 Å². The quantitative estimate of drug-likeness (QED) is 0.564. The van der Waals surface area contributed by atoms with Crippen molar-refractivity contribution in [3.8, 4) is 11.1 Å². The monoisotopic (exact) mass is 441 g/mol. The Kier molecular flexibility index (Phi) is 7.58. The van der Waals surface area contributed by atoms with Crippen molar-refractivity contribution in [1.82, 2.24) is 15.1 Å². The van der Waals surface area contributed by atoms with Gasteiger partial charge >= 0.3 is 0 Å². The Morgan fingerprint density at radius 2 is 1.42 bits per heavy atom. The molecule has 0 spiro atoms. The van der Waals surface area contributed by atoms with Crippen LogP contribution in [0.2, 0.25) is 0 Å². The molecule has 1 unspecified atom stereocenters. The summed E-state index contributed by atoms with van der Waals surface area (Å²) in [6, 6.07) is 25.6. The van der Waals surface area contributed by atoms with Crippen molar-refractivity contribution in [3.05, 3.63) is 95.1 Å². The number of carbonyl (C=O) groups is 1. The summed E-state index contributed by atoms with van der Waals surface area (Å²) in [4.78, 5) is 17.5. The van der Waals surface area contributed by atoms with Crippen LogP contribution in [0.4, 0.5) is 0 Å². The lowest BCUT2D eigenvalue weighted by atomic mass is 10.0. The maximum Gasteiger partial charge on any atom is 0.251 e. The zero-order valence-electron chi connectivity index (χ0n) is 20.1. The molecule has 0 aromatic heterocycles. The second-order valence-electron chi connectivity index (χ2n) is 9.21. The Labute approximate surface area is 198 Å². The molecule has 0 aliphatic carbocycles. The Balaban J connectivity index is 1.26. The fourth-order valence-corrected chi connectivity index (χ4v) is 4.37. The fourth-order valence-electron chi connectivity index (χ4n) is 4.37. The van der Waals surface area contributed by atoms with Gasteiger partial charge in [0.05, 0.1) is 0 Å². The lowest BCUT2D eigenvalue weighted by Crippen LogP contribution is -2.45. The number of amides is 1. The van der Waals surface area contributed by atoms with Crippen LogP contribution in [0.25, 0.3) is 11.1 Å². The van der Waals surface area contributed by atoms with Gasteiger partial charge in [0.15, 0.2) is 0 Å². The smallest absolute Gasteiger partial charge is 0.251 e. The molecule has 1 N–H and O–H groups in total. The molecular formula is C29H35N3O. The lowest BCUT2D eigenvalue weighted by Gasteiger charge is -2.36. The standard InChI is InChI=1S/C29H35N3O/c1-22-4-8-26(9-5-22)27-12-14-28(15-13-27)29(33)30-17-16-24-6-10-25(11-7-24)23(2)32-20-18-31(3)19-21-32/h4-15,23H,16-21H2,1-3H3,(H,30,33). The Morgan fingerprint density at radius 1 is 0.848 bits per heavy atom. The normalized spacial score (nSPS) is 15.8. The summed E-state index contributed by atoms with van der Waals surface area (Å²) in [6.07, 6.45) is 0.830. The van der Waals surface area contributed by atoms with E-state index in [1.54, 1.807) is 0 Å². The number of hydrogen-bond donors (Lipinski definition) is 1. The van der Waals surface area contributed by atoms with Crippen LogP contribution in [-0.2, 0) is 6.42 Å². The number of benzene rings is 3. The zero-order valence-corrected chi connectivity index (χ0v) is 20.1. The molecule has 1 fully saturated rings. The van der Waals surface area contributed by atoms with E-state index in [1.807, 2.05) is 24.3 Å². The molecular weight excluding hydrogens is 406 g/mol. The van der Waals surface area contributed by atoms with E-state index < -0.39 is 0 Å². The molecule has 4 heteroatoms. The fraction of sp³-hybridized carbons (Fsp3) is 0.345. The van der Waals surface area contributed by atoms with Crippen LogP contribution in [0, 0.1) is 6.92 Å². The Morgan fingerprint density at radius 3 is 2.03 bits per heavy atom. The number of nitrogens with zero attached hydrogens (tertiary/aromatic N) is 2. The van der Waals surface area contributed by atoms with Crippen LogP contribution in [0.1, 0.15) is 40.0 Å². The average molecular weight is 442 g/mol. The number of nitrogens with one attached hydrogen (secondary N) is 1. The highest BCUT2D eigenvalue weighted by Crippen LogP contribution is 2.22. The van der Waals surface area contributed by atoms with Gasteiger partial charge in [0.25, 0.3) is 5.91 Å². The van der Waals surface area contributed by atoms with Gasteiger partial charge in [-0.3, -0.25) is 9.69 Å². The minimum Gasteiger partial charge on any atom is -0.352 e. The highest BCUT2D eigenvalue weighted by Gasteiger charge is 2.20. The molecule has 3 aromatic rings. The third-order valence-electron chi connectivity index (χ3n) is 6.78. The SMILES string of the molecule is Cc1ccc(-c2ccc(C(=O)NCCc3ccc(C(C)N4CCN(C)CC4)cc3)cc2)cc1. The van der Waals surface area contributed by atoms with Gasteiger partial charge in [0, 0.05) is 44.3 Å². The van der Waals surface area contributed by atoms with Gasteiger partial charge in [-0.2, -0.15) is 0 Å². The summed E-state index contributed by atoms with van der Waals surface area (Å²) in [5.41, 5.74) is 6.84. The van der Waals surface area contributed by atoms with Gasteiger partial charge in [-0.25, -0.2) is 0 Å². The van der Waals surface area contributed by atoms with Crippen LogP contribution in [0.15, 0.2) is 72.8 Å². The third kappa shape index (κ3) is 6.10. The highest BCUT2D eigenvalue weighted by molar-refractivity contribution is 5.94. The van der Waals surface area contributed by atoms with Gasteiger partial charge in [0.2, 0.25) is 0 Å². The molecule has 0 bridgehead atoms. The second-order valence-corrected chi connectivity index (χ2v) is 9.21. The second kappa shape index (κ2) is 10.8. The van der Waals surface area contributed by atoms with Crippen LogP contribution in [-0.4, -0.2) is 55.5 Å². The number of carbonyl (C=O) groups excluding carboxylic acids is 1. The molecule has 4 nitrogen and oxygen atoms in total. The molecule has 1 heterocycles. The van der Waals surface area contributed by atoms with Crippen molar-refractivity contribution in [2.24, 2.45) is 0 Å². The number of piperazine rings is 1. The topological polar surface area (TPSA) is 35.6 Å². The Hall–Kier alpha value is -2.95. The van der Waals surface area contributed by atoms with Crippen molar-refractivity contribution in [2.45, 2.75) is 26.3 Å². The molecule has 1 amide bonds. The van der Waals surface area contributed by atoms with E-state index in [1.165, 1.54) is 16.7 Å². The maximum atomic E-state index is 12.5. The van der Waals surface area contributed by atoms with E-state index in [2.05, 4.69) is 84.5 Å². The first-order valence-electron chi connectivity index (χ1n) is 12.0. The van der Waals surface area contributed by atoms with Crippen molar-refractivity contribution in [2.75, 3.05) is 39.8 Å². The summed E-state index contributed by atoms with van der Waals surface area (Å²) < 4.78 is 0. The lowest BCUT2D eigenvalue weighted by molar-refractivity contribution is 0.0954. The first-order valence-corrected chi connectivity index (χ1v) is 12.0. The van der Waals surface area contributed by atoms with Crippen molar-refractivity contribution >= 4 is 5.91 Å². The van der Waals surface area contributed by atoms with E-state index >= 15 is 0 Å². The summed E-state index contributed by atoms with van der Waals surface area (Å²) >= 11 is 0. The molecule has 1 saturated heterocycles. The number of rotatable bonds is 7. The molecule has 1 aliphatic heterocycles. The third-order valence-corrected chi connectivity index (χ3v) is 6.78. The van der Waals surface area contributed by atoms with Gasteiger partial charge in [-0.15, -0.1) is 0 Å². The largest absolute Gasteiger partial charge is 0.352 e. The van der Waals surface area contributed by atoms with Crippen molar-refractivity contribution < 1.29 is 4.79 Å². The van der Waals surface area contributed by atoms with Gasteiger partial charge in [0.1, 0.15) is 0 Å². The van der Waals surface area contributed by atoms with E-state index in [4.69, 9.17) is 0 Å². The summed E-state index contributed by atoms with van der Waals surface area (Å²) in [5.74, 6) is -0.0224. The van der Waals surface area contributed by atoms with E-state index in [9.17, 15) is 4.79 Å². The van der Waals surface area contributed by atoms with E-state index in [-0.39, 0.29) is 5.91 Å². The van der Waals surface area contributed by atoms with Crippen LogP contribution >= 0.6 is 0 Å². The van der Waals surface area contributed by atoms with Crippen LogP contribution in [0.5, 0.6) is 0 Å². The molecule has 1 atom stereocenters. The minimum atomic E-state index is -0.0224. The van der Waals surface area contributed by atoms with Crippen molar-refractivity contribution in [3.63, 3.8) is 0 Å². The summed E-state index contributed by atoms with van der Waals surface area (Å²) in [6.45, 7) is 9.53. The van der Waals surface area contributed by atoms with E-state index in [0.29, 0.717) is 18.2 Å². The molecule has 0 saturated carbocycles. The zero-order chi connectivity index (χ0) is 23.2. The van der Waals surface area contributed by atoms with Gasteiger partial charge < -0.3 is 10.2 Å². The molecule has 33 heavy (non-hydrogen) atoms. The minimum absolute atomic E-state index is 0.0224. The number of aryl methyl sites for hydroxylation is 1. The first kappa shape index (κ1) is 23.2. The predicted molar refractivity (Wildman–Crippen MR) is 137 cm³/mol.